The number of likely N-dealkylation sites (N-methyl/N-ethyl adjacent to an activating group) is 1. The zero-order chi connectivity index (χ0) is 16.1. The molecule has 0 N–H and O–H groups in total. The van der Waals surface area contributed by atoms with Crippen LogP contribution in [0, 0.1) is 0 Å². The number of para-hydroxylation sites is 1. The van der Waals surface area contributed by atoms with Crippen molar-refractivity contribution in [3.63, 3.8) is 0 Å². The first-order valence-corrected chi connectivity index (χ1v) is 7.70. The molecule has 0 radical (unpaired) electrons. The molecule has 0 spiro atoms. The van der Waals surface area contributed by atoms with Crippen LogP contribution in [0.1, 0.15) is 20.8 Å². The van der Waals surface area contributed by atoms with Gasteiger partial charge in [0.25, 0.3) is 11.8 Å². The average Bonchev–Trinajstić information content (AvgIpc) is 2.90. The van der Waals surface area contributed by atoms with E-state index >= 15 is 0 Å². The van der Waals surface area contributed by atoms with Crippen LogP contribution in [0.2, 0.25) is 5.02 Å². The number of aromatic nitrogens is 2. The SMILES string of the molecule is CCN(CC)C(=O)[C@H](C)Oc1nn(-c2ccccc2)cc1Cl. The van der Waals surface area contributed by atoms with E-state index in [9.17, 15) is 4.79 Å². The highest BCUT2D eigenvalue weighted by Gasteiger charge is 2.22. The van der Waals surface area contributed by atoms with Gasteiger partial charge in [-0.15, -0.1) is 5.10 Å². The molecular formula is C16H20ClN3O2. The Kier molecular flexibility index (Phi) is 5.44. The van der Waals surface area contributed by atoms with Crippen LogP contribution in [0.15, 0.2) is 36.5 Å². The summed E-state index contributed by atoms with van der Waals surface area (Å²) >= 11 is 6.16. The third kappa shape index (κ3) is 3.60. The van der Waals surface area contributed by atoms with Crippen molar-refractivity contribution in [1.29, 1.82) is 0 Å². The van der Waals surface area contributed by atoms with Crippen molar-refractivity contribution in [2.45, 2.75) is 26.9 Å². The van der Waals surface area contributed by atoms with Gasteiger partial charge in [-0.1, -0.05) is 29.8 Å². The number of amides is 1. The van der Waals surface area contributed by atoms with Gasteiger partial charge in [0.05, 0.1) is 11.9 Å². The van der Waals surface area contributed by atoms with E-state index in [0.29, 0.717) is 18.1 Å². The van der Waals surface area contributed by atoms with E-state index in [0.717, 1.165) is 5.69 Å². The zero-order valence-corrected chi connectivity index (χ0v) is 13.7. The van der Waals surface area contributed by atoms with Crippen LogP contribution >= 0.6 is 11.6 Å². The molecule has 0 bridgehead atoms. The molecule has 2 aromatic rings. The number of halogens is 1. The fourth-order valence-corrected chi connectivity index (χ4v) is 2.31. The summed E-state index contributed by atoms with van der Waals surface area (Å²) in [6, 6.07) is 9.59. The van der Waals surface area contributed by atoms with Gasteiger partial charge >= 0.3 is 0 Å². The molecule has 1 heterocycles. The number of rotatable bonds is 6. The third-order valence-corrected chi connectivity index (χ3v) is 3.63. The van der Waals surface area contributed by atoms with Crippen LogP contribution in [0.5, 0.6) is 5.88 Å². The van der Waals surface area contributed by atoms with Crippen LogP contribution in [0.3, 0.4) is 0 Å². The molecule has 0 fully saturated rings. The van der Waals surface area contributed by atoms with E-state index in [1.807, 2.05) is 44.2 Å². The summed E-state index contributed by atoms with van der Waals surface area (Å²) in [4.78, 5) is 13.9. The highest BCUT2D eigenvalue weighted by atomic mass is 35.5. The number of benzene rings is 1. The Morgan fingerprint density at radius 3 is 2.55 bits per heavy atom. The van der Waals surface area contributed by atoms with Gasteiger partial charge in [0.2, 0.25) is 0 Å². The Morgan fingerprint density at radius 2 is 1.95 bits per heavy atom. The van der Waals surface area contributed by atoms with Gasteiger partial charge in [-0.3, -0.25) is 4.79 Å². The maximum Gasteiger partial charge on any atom is 0.263 e. The predicted octanol–water partition coefficient (Wildman–Crippen LogP) is 3.16. The normalized spacial score (nSPS) is 12.0. The zero-order valence-electron chi connectivity index (χ0n) is 13.0. The summed E-state index contributed by atoms with van der Waals surface area (Å²) in [5.41, 5.74) is 0.877. The molecule has 0 unspecified atom stereocenters. The fraction of sp³-hybridized carbons (Fsp3) is 0.375. The smallest absolute Gasteiger partial charge is 0.263 e. The predicted molar refractivity (Wildman–Crippen MR) is 86.6 cm³/mol. The van der Waals surface area contributed by atoms with Crippen LogP contribution in [0.25, 0.3) is 5.69 Å². The fourth-order valence-electron chi connectivity index (χ4n) is 2.14. The summed E-state index contributed by atoms with van der Waals surface area (Å²) in [6.45, 7) is 6.87. The summed E-state index contributed by atoms with van der Waals surface area (Å²) in [6.07, 6.45) is 1.04. The molecule has 1 aromatic carbocycles. The van der Waals surface area contributed by atoms with Gasteiger partial charge in [-0.25, -0.2) is 4.68 Å². The topological polar surface area (TPSA) is 47.4 Å². The standard InChI is InChI=1S/C16H20ClN3O2/c1-4-19(5-2)16(21)12(3)22-15-14(17)11-20(18-15)13-9-7-6-8-10-13/h6-12H,4-5H2,1-3H3/t12-/m0/s1. The minimum Gasteiger partial charge on any atom is -0.462 e. The number of carbonyl (C=O) groups is 1. The van der Waals surface area contributed by atoms with Gasteiger partial charge in [0.15, 0.2) is 6.10 Å². The quantitative estimate of drug-likeness (QED) is 0.821. The summed E-state index contributed by atoms with van der Waals surface area (Å²) in [5.74, 6) is 0.189. The van der Waals surface area contributed by atoms with E-state index < -0.39 is 6.10 Å². The van der Waals surface area contributed by atoms with Gasteiger partial charge < -0.3 is 9.64 Å². The number of carbonyl (C=O) groups excluding carboxylic acids is 1. The highest BCUT2D eigenvalue weighted by molar-refractivity contribution is 6.31. The lowest BCUT2D eigenvalue weighted by Gasteiger charge is -2.22. The molecule has 1 aromatic heterocycles. The van der Waals surface area contributed by atoms with Gasteiger partial charge in [0, 0.05) is 13.1 Å². The summed E-state index contributed by atoms with van der Waals surface area (Å²) in [5, 5.41) is 4.68. The molecule has 2 rings (SSSR count). The van der Waals surface area contributed by atoms with Crippen molar-refractivity contribution in [1.82, 2.24) is 14.7 Å². The highest BCUT2D eigenvalue weighted by Crippen LogP contribution is 2.25. The maximum absolute atomic E-state index is 12.2. The molecule has 0 saturated carbocycles. The first-order valence-electron chi connectivity index (χ1n) is 7.32. The van der Waals surface area contributed by atoms with Crippen molar-refractivity contribution < 1.29 is 9.53 Å². The van der Waals surface area contributed by atoms with Crippen molar-refractivity contribution in [2.75, 3.05) is 13.1 Å². The maximum atomic E-state index is 12.2. The lowest BCUT2D eigenvalue weighted by atomic mass is 10.3. The molecular weight excluding hydrogens is 302 g/mol. The molecule has 0 saturated heterocycles. The van der Waals surface area contributed by atoms with Crippen LogP contribution in [0.4, 0.5) is 0 Å². The first kappa shape index (κ1) is 16.4. The van der Waals surface area contributed by atoms with Gasteiger partial charge in [0.1, 0.15) is 5.02 Å². The van der Waals surface area contributed by atoms with E-state index in [1.54, 1.807) is 22.7 Å². The van der Waals surface area contributed by atoms with Crippen molar-refractivity contribution in [3.05, 3.63) is 41.6 Å². The van der Waals surface area contributed by atoms with E-state index in [1.165, 1.54) is 0 Å². The second kappa shape index (κ2) is 7.31. The number of hydrogen-bond acceptors (Lipinski definition) is 3. The molecule has 0 aliphatic heterocycles. The second-order valence-electron chi connectivity index (χ2n) is 4.83. The lowest BCUT2D eigenvalue weighted by Crippen LogP contribution is -2.40. The van der Waals surface area contributed by atoms with Crippen molar-refractivity contribution in [2.24, 2.45) is 0 Å². The Bertz CT molecular complexity index is 624. The molecule has 6 heteroatoms. The molecule has 1 amide bonds. The van der Waals surface area contributed by atoms with Crippen molar-refractivity contribution in [3.8, 4) is 11.6 Å². The molecule has 0 aliphatic rings. The Labute approximate surface area is 135 Å². The Morgan fingerprint density at radius 1 is 1.32 bits per heavy atom. The summed E-state index contributed by atoms with van der Waals surface area (Å²) < 4.78 is 7.27. The molecule has 118 valence electrons. The number of hydrogen-bond donors (Lipinski definition) is 0. The van der Waals surface area contributed by atoms with Crippen LogP contribution in [-0.4, -0.2) is 39.8 Å². The molecule has 1 atom stereocenters. The van der Waals surface area contributed by atoms with Gasteiger partial charge in [-0.2, -0.15) is 0 Å². The largest absolute Gasteiger partial charge is 0.462 e. The second-order valence-corrected chi connectivity index (χ2v) is 5.24. The summed E-state index contributed by atoms with van der Waals surface area (Å²) in [7, 11) is 0. The monoisotopic (exact) mass is 321 g/mol. The number of nitrogens with zero attached hydrogens (tertiary/aromatic N) is 3. The van der Waals surface area contributed by atoms with Crippen LogP contribution < -0.4 is 4.74 Å². The third-order valence-electron chi connectivity index (χ3n) is 3.37. The van der Waals surface area contributed by atoms with Crippen molar-refractivity contribution >= 4 is 17.5 Å². The molecule has 5 nitrogen and oxygen atoms in total. The molecule has 0 aliphatic carbocycles. The van der Waals surface area contributed by atoms with Gasteiger partial charge in [-0.05, 0) is 32.9 Å². The lowest BCUT2D eigenvalue weighted by molar-refractivity contribution is -0.137. The van der Waals surface area contributed by atoms with Crippen LogP contribution in [-0.2, 0) is 4.79 Å². The number of ether oxygens (including phenoxy) is 1. The Hall–Kier alpha value is -2.01. The first-order chi connectivity index (χ1) is 10.6. The average molecular weight is 322 g/mol. The Balaban J connectivity index is 2.14. The van der Waals surface area contributed by atoms with E-state index in [2.05, 4.69) is 5.10 Å². The molecule has 22 heavy (non-hydrogen) atoms. The van der Waals surface area contributed by atoms with E-state index in [-0.39, 0.29) is 11.8 Å². The minimum atomic E-state index is -0.628. The van der Waals surface area contributed by atoms with E-state index in [4.69, 9.17) is 16.3 Å². The minimum absolute atomic E-state index is 0.0738.